The first-order valence-electron chi connectivity index (χ1n) is 7.85. The summed E-state index contributed by atoms with van der Waals surface area (Å²) in [4.78, 5) is 23.0. The Morgan fingerprint density at radius 2 is 2.00 bits per heavy atom. The highest BCUT2D eigenvalue weighted by molar-refractivity contribution is 5.95. The van der Waals surface area contributed by atoms with Gasteiger partial charge in [-0.05, 0) is 39.3 Å². The number of ketones is 1. The number of nitrogens with one attached hydrogen (secondary N) is 1. The van der Waals surface area contributed by atoms with Crippen molar-refractivity contribution >= 4 is 11.9 Å². The molecule has 1 amide bonds. The van der Waals surface area contributed by atoms with Gasteiger partial charge >= 0.3 is 6.09 Å². The lowest BCUT2D eigenvalue weighted by Gasteiger charge is -2.19. The molecule has 6 nitrogen and oxygen atoms in total. The molecule has 1 aromatic heterocycles. The quantitative estimate of drug-likeness (QED) is 0.854. The summed E-state index contributed by atoms with van der Waals surface area (Å²) in [5, 5.41) is 6.97. The SMILES string of the molecule is CC(=O)c1cccc(-c2cnn(CCNC(=O)OC(C)(C)C)c2)c1. The van der Waals surface area contributed by atoms with E-state index in [1.807, 2.05) is 45.2 Å². The van der Waals surface area contributed by atoms with Gasteiger partial charge in [-0.3, -0.25) is 9.48 Å². The number of ether oxygens (including phenoxy) is 1. The molecule has 0 radical (unpaired) electrons. The van der Waals surface area contributed by atoms with Crippen molar-refractivity contribution in [3.63, 3.8) is 0 Å². The second-order valence-corrected chi connectivity index (χ2v) is 6.56. The van der Waals surface area contributed by atoms with Crippen LogP contribution in [0.2, 0.25) is 0 Å². The smallest absolute Gasteiger partial charge is 0.407 e. The summed E-state index contributed by atoms with van der Waals surface area (Å²) in [7, 11) is 0. The third kappa shape index (κ3) is 5.22. The second-order valence-electron chi connectivity index (χ2n) is 6.56. The van der Waals surface area contributed by atoms with Crippen molar-refractivity contribution in [1.29, 1.82) is 0 Å². The van der Waals surface area contributed by atoms with Gasteiger partial charge in [-0.25, -0.2) is 4.79 Å². The maximum atomic E-state index is 11.6. The van der Waals surface area contributed by atoms with Gasteiger partial charge in [0.2, 0.25) is 0 Å². The molecule has 6 heteroatoms. The topological polar surface area (TPSA) is 73.2 Å². The molecule has 0 atom stereocenters. The number of carbonyl (C=O) groups excluding carboxylic acids is 2. The Morgan fingerprint density at radius 3 is 2.67 bits per heavy atom. The second kappa shape index (κ2) is 7.29. The molecule has 1 heterocycles. The zero-order valence-electron chi connectivity index (χ0n) is 14.5. The molecule has 2 aromatic rings. The Balaban J connectivity index is 1.93. The minimum Gasteiger partial charge on any atom is -0.444 e. The number of nitrogens with zero attached hydrogens (tertiary/aromatic N) is 2. The minimum atomic E-state index is -0.509. The van der Waals surface area contributed by atoms with Gasteiger partial charge in [0.1, 0.15) is 5.60 Å². The third-order valence-corrected chi connectivity index (χ3v) is 3.24. The third-order valence-electron chi connectivity index (χ3n) is 3.24. The summed E-state index contributed by atoms with van der Waals surface area (Å²) in [6, 6.07) is 7.43. The monoisotopic (exact) mass is 329 g/mol. The summed E-state index contributed by atoms with van der Waals surface area (Å²) in [6.45, 7) is 7.96. The van der Waals surface area contributed by atoms with E-state index in [0.717, 1.165) is 11.1 Å². The van der Waals surface area contributed by atoms with Crippen LogP contribution in [0.5, 0.6) is 0 Å². The number of rotatable bonds is 5. The van der Waals surface area contributed by atoms with Crippen molar-refractivity contribution < 1.29 is 14.3 Å². The summed E-state index contributed by atoms with van der Waals surface area (Å²) in [5.41, 5.74) is 2.03. The Labute approximate surface area is 141 Å². The fourth-order valence-electron chi connectivity index (χ4n) is 2.14. The lowest BCUT2D eigenvalue weighted by molar-refractivity contribution is 0.0525. The van der Waals surface area contributed by atoms with Gasteiger partial charge in [-0.1, -0.05) is 18.2 Å². The molecule has 0 spiro atoms. The van der Waals surface area contributed by atoms with E-state index in [4.69, 9.17) is 4.74 Å². The normalized spacial score (nSPS) is 11.2. The van der Waals surface area contributed by atoms with E-state index in [2.05, 4.69) is 10.4 Å². The van der Waals surface area contributed by atoms with Gasteiger partial charge < -0.3 is 10.1 Å². The molecule has 0 bridgehead atoms. The molecule has 2 rings (SSSR count). The number of hydrogen-bond acceptors (Lipinski definition) is 4. The zero-order valence-corrected chi connectivity index (χ0v) is 14.5. The number of aromatic nitrogens is 2. The maximum Gasteiger partial charge on any atom is 0.407 e. The van der Waals surface area contributed by atoms with E-state index < -0.39 is 11.7 Å². The molecule has 128 valence electrons. The molecule has 1 aromatic carbocycles. The van der Waals surface area contributed by atoms with Crippen LogP contribution in [0.25, 0.3) is 11.1 Å². The Bertz CT molecular complexity index is 729. The number of alkyl carbamates (subject to hydrolysis) is 1. The van der Waals surface area contributed by atoms with Crippen molar-refractivity contribution in [2.45, 2.75) is 39.8 Å². The van der Waals surface area contributed by atoms with Crippen LogP contribution in [0.15, 0.2) is 36.7 Å². The van der Waals surface area contributed by atoms with Crippen LogP contribution in [-0.4, -0.2) is 33.8 Å². The summed E-state index contributed by atoms with van der Waals surface area (Å²) in [5.74, 6) is 0.0332. The maximum absolute atomic E-state index is 11.6. The molecule has 1 N–H and O–H groups in total. The minimum absolute atomic E-state index is 0.0332. The van der Waals surface area contributed by atoms with Gasteiger partial charge in [-0.2, -0.15) is 5.10 Å². The fourth-order valence-corrected chi connectivity index (χ4v) is 2.14. The van der Waals surface area contributed by atoms with Crippen molar-refractivity contribution in [3.05, 3.63) is 42.2 Å². The van der Waals surface area contributed by atoms with Crippen molar-refractivity contribution in [2.24, 2.45) is 0 Å². The van der Waals surface area contributed by atoms with E-state index in [0.29, 0.717) is 18.7 Å². The Kier molecular flexibility index (Phi) is 5.39. The molecule has 0 unspecified atom stereocenters. The van der Waals surface area contributed by atoms with Gasteiger partial charge in [0.25, 0.3) is 0 Å². The van der Waals surface area contributed by atoms with Crippen LogP contribution in [0.1, 0.15) is 38.1 Å². The highest BCUT2D eigenvalue weighted by Crippen LogP contribution is 2.20. The van der Waals surface area contributed by atoms with Crippen molar-refractivity contribution in [2.75, 3.05) is 6.54 Å². The molecule has 0 saturated carbocycles. The number of carbonyl (C=O) groups is 2. The number of amides is 1. The Hall–Kier alpha value is -2.63. The van der Waals surface area contributed by atoms with E-state index in [1.165, 1.54) is 0 Å². The molecule has 0 fully saturated rings. The van der Waals surface area contributed by atoms with Gasteiger partial charge in [-0.15, -0.1) is 0 Å². The number of hydrogen-bond donors (Lipinski definition) is 1. The largest absolute Gasteiger partial charge is 0.444 e. The highest BCUT2D eigenvalue weighted by atomic mass is 16.6. The van der Waals surface area contributed by atoms with Crippen LogP contribution in [0, 0.1) is 0 Å². The van der Waals surface area contributed by atoms with Crippen LogP contribution in [-0.2, 0) is 11.3 Å². The van der Waals surface area contributed by atoms with E-state index in [-0.39, 0.29) is 5.78 Å². The van der Waals surface area contributed by atoms with Crippen LogP contribution >= 0.6 is 0 Å². The number of Topliss-reactive ketones (excluding diaryl/α,β-unsaturated/α-hetero) is 1. The molecule has 0 aliphatic rings. The lowest BCUT2D eigenvalue weighted by atomic mass is 10.0. The van der Waals surface area contributed by atoms with E-state index >= 15 is 0 Å². The van der Waals surface area contributed by atoms with Crippen molar-refractivity contribution in [3.8, 4) is 11.1 Å². The van der Waals surface area contributed by atoms with Gasteiger partial charge in [0.15, 0.2) is 5.78 Å². The average molecular weight is 329 g/mol. The molecular formula is C18H23N3O3. The first kappa shape index (κ1) is 17.7. The number of benzene rings is 1. The molecular weight excluding hydrogens is 306 g/mol. The summed E-state index contributed by atoms with van der Waals surface area (Å²) in [6.07, 6.45) is 3.19. The van der Waals surface area contributed by atoms with Crippen molar-refractivity contribution in [1.82, 2.24) is 15.1 Å². The average Bonchev–Trinajstić information content (AvgIpc) is 2.94. The Morgan fingerprint density at radius 1 is 1.25 bits per heavy atom. The first-order chi connectivity index (χ1) is 11.2. The van der Waals surface area contributed by atoms with Gasteiger partial charge in [0, 0.05) is 23.9 Å². The lowest BCUT2D eigenvalue weighted by Crippen LogP contribution is -2.34. The van der Waals surface area contributed by atoms with Crippen LogP contribution in [0.3, 0.4) is 0 Å². The first-order valence-corrected chi connectivity index (χ1v) is 7.85. The zero-order chi connectivity index (χ0) is 17.7. The van der Waals surface area contributed by atoms with Gasteiger partial charge in [0.05, 0.1) is 12.7 Å². The van der Waals surface area contributed by atoms with E-state index in [1.54, 1.807) is 23.9 Å². The van der Waals surface area contributed by atoms with Crippen LogP contribution in [0.4, 0.5) is 4.79 Å². The predicted octanol–water partition coefficient (Wildman–Crippen LogP) is 3.28. The van der Waals surface area contributed by atoms with Crippen LogP contribution < -0.4 is 5.32 Å². The summed E-state index contributed by atoms with van der Waals surface area (Å²) >= 11 is 0. The standard InChI is InChI=1S/C18H23N3O3/c1-13(22)14-6-5-7-15(10-14)16-11-20-21(12-16)9-8-19-17(23)24-18(2,3)4/h5-7,10-12H,8-9H2,1-4H3,(H,19,23). The fraction of sp³-hybridized carbons (Fsp3) is 0.389. The summed E-state index contributed by atoms with van der Waals surface area (Å²) < 4.78 is 6.92. The molecule has 0 aliphatic heterocycles. The highest BCUT2D eigenvalue weighted by Gasteiger charge is 2.15. The molecule has 0 saturated heterocycles. The molecule has 24 heavy (non-hydrogen) atoms. The molecule has 0 aliphatic carbocycles. The van der Waals surface area contributed by atoms with E-state index in [9.17, 15) is 9.59 Å². The predicted molar refractivity (Wildman–Crippen MR) is 91.9 cm³/mol.